The Kier molecular flexibility index (Phi) is 3.85. The van der Waals surface area contributed by atoms with Crippen LogP contribution in [0.2, 0.25) is 0 Å². The van der Waals surface area contributed by atoms with E-state index >= 15 is 0 Å². The third kappa shape index (κ3) is 3.02. The second kappa shape index (κ2) is 5.64. The van der Waals surface area contributed by atoms with Crippen molar-refractivity contribution in [2.75, 3.05) is 6.61 Å². The molecule has 1 aliphatic carbocycles. The smallest absolute Gasteiger partial charge is 0.339 e. The first-order valence-corrected chi connectivity index (χ1v) is 7.41. The summed E-state index contributed by atoms with van der Waals surface area (Å²) in [5, 5.41) is 9.08. The molecule has 2 fully saturated rings. The number of carbonyl (C=O) groups is 1. The summed E-state index contributed by atoms with van der Waals surface area (Å²) >= 11 is 0. The molecule has 0 aromatic heterocycles. The molecule has 0 bridgehead atoms. The molecule has 1 N–H and O–H groups in total. The lowest BCUT2D eigenvalue weighted by molar-refractivity contribution is -0.0510. The summed E-state index contributed by atoms with van der Waals surface area (Å²) in [6.07, 6.45) is 6.54. The van der Waals surface area contributed by atoms with Gasteiger partial charge in [-0.25, -0.2) is 9.18 Å². The summed E-state index contributed by atoms with van der Waals surface area (Å²) in [5.74, 6) is -1.56. The van der Waals surface area contributed by atoms with Crippen molar-refractivity contribution in [2.24, 2.45) is 0 Å². The van der Waals surface area contributed by atoms with Crippen LogP contribution in [-0.2, 0) is 4.74 Å². The number of carboxylic acid groups (broad SMARTS) is 1. The molecule has 1 atom stereocenters. The van der Waals surface area contributed by atoms with Crippen LogP contribution in [-0.4, -0.2) is 29.4 Å². The fraction of sp³-hybridized carbons (Fsp3) is 0.562. The average molecular weight is 294 g/mol. The van der Waals surface area contributed by atoms with Crippen LogP contribution >= 0.6 is 0 Å². The van der Waals surface area contributed by atoms with Crippen LogP contribution in [0.25, 0.3) is 0 Å². The molecule has 5 heteroatoms. The van der Waals surface area contributed by atoms with Crippen molar-refractivity contribution >= 4 is 5.97 Å². The highest BCUT2D eigenvalue weighted by Crippen LogP contribution is 2.43. The van der Waals surface area contributed by atoms with Gasteiger partial charge in [0, 0.05) is 6.07 Å². The highest BCUT2D eigenvalue weighted by atomic mass is 19.1. The second-order valence-corrected chi connectivity index (χ2v) is 5.93. The van der Waals surface area contributed by atoms with Gasteiger partial charge in [-0.15, -0.1) is 0 Å². The monoisotopic (exact) mass is 294 g/mol. The van der Waals surface area contributed by atoms with Crippen molar-refractivity contribution in [1.82, 2.24) is 0 Å². The lowest BCUT2D eigenvalue weighted by Gasteiger charge is -2.23. The number of carboxylic acids is 1. The molecule has 114 valence electrons. The fourth-order valence-corrected chi connectivity index (χ4v) is 3.37. The Bertz CT molecular complexity index is 537. The molecule has 1 saturated heterocycles. The molecule has 1 spiro atoms. The van der Waals surface area contributed by atoms with Gasteiger partial charge in [0.15, 0.2) is 0 Å². The highest BCUT2D eigenvalue weighted by molar-refractivity contribution is 5.90. The van der Waals surface area contributed by atoms with Gasteiger partial charge >= 0.3 is 5.97 Å². The molecular formula is C16H19FO4. The largest absolute Gasteiger partial charge is 0.490 e. The van der Waals surface area contributed by atoms with Crippen molar-refractivity contribution in [2.45, 2.75) is 50.2 Å². The molecule has 1 unspecified atom stereocenters. The molecule has 21 heavy (non-hydrogen) atoms. The van der Waals surface area contributed by atoms with Crippen molar-refractivity contribution in [3.63, 3.8) is 0 Å². The predicted molar refractivity (Wildman–Crippen MR) is 74.2 cm³/mol. The van der Waals surface area contributed by atoms with Gasteiger partial charge in [0.05, 0.1) is 11.7 Å². The van der Waals surface area contributed by atoms with Gasteiger partial charge in [-0.3, -0.25) is 0 Å². The molecule has 2 aliphatic rings. The fourth-order valence-electron chi connectivity index (χ4n) is 3.37. The summed E-state index contributed by atoms with van der Waals surface area (Å²) in [4.78, 5) is 11.1. The van der Waals surface area contributed by atoms with E-state index in [1.807, 2.05) is 0 Å². The van der Waals surface area contributed by atoms with E-state index in [1.54, 1.807) is 0 Å². The summed E-state index contributed by atoms with van der Waals surface area (Å²) < 4.78 is 24.9. The van der Waals surface area contributed by atoms with Crippen molar-refractivity contribution in [3.8, 4) is 5.75 Å². The maximum Gasteiger partial charge on any atom is 0.339 e. The normalized spacial score (nSPS) is 23.6. The SMILES string of the molecule is O=C(O)c1ccc(F)cc1OCC1CCC2(CCCC2)O1. The van der Waals surface area contributed by atoms with Gasteiger partial charge in [0.25, 0.3) is 0 Å². The minimum atomic E-state index is -1.12. The summed E-state index contributed by atoms with van der Waals surface area (Å²) in [5.41, 5.74) is -0.00373. The quantitative estimate of drug-likeness (QED) is 0.924. The second-order valence-electron chi connectivity index (χ2n) is 5.93. The van der Waals surface area contributed by atoms with Crippen molar-refractivity contribution in [3.05, 3.63) is 29.6 Å². The number of rotatable bonds is 4. The summed E-state index contributed by atoms with van der Waals surface area (Å²) in [6.45, 7) is 0.269. The topological polar surface area (TPSA) is 55.8 Å². The van der Waals surface area contributed by atoms with E-state index < -0.39 is 11.8 Å². The molecule has 3 rings (SSSR count). The number of hydrogen-bond acceptors (Lipinski definition) is 3. The zero-order chi connectivity index (χ0) is 14.9. The minimum absolute atomic E-state index is 0.0194. The van der Waals surface area contributed by atoms with Crippen molar-refractivity contribution in [1.29, 1.82) is 0 Å². The predicted octanol–water partition coefficient (Wildman–Crippen LogP) is 3.39. The van der Waals surface area contributed by atoms with Gasteiger partial charge in [-0.1, -0.05) is 12.8 Å². The van der Waals surface area contributed by atoms with E-state index in [2.05, 4.69) is 0 Å². The number of ether oxygens (including phenoxy) is 2. The molecule has 1 heterocycles. The third-order valence-electron chi connectivity index (χ3n) is 4.45. The molecule has 4 nitrogen and oxygen atoms in total. The Morgan fingerprint density at radius 1 is 1.38 bits per heavy atom. The van der Waals surface area contributed by atoms with Gasteiger partial charge in [-0.2, -0.15) is 0 Å². The van der Waals surface area contributed by atoms with Crippen LogP contribution in [0, 0.1) is 5.82 Å². The molecule has 1 saturated carbocycles. The molecule has 1 aromatic rings. The van der Waals surface area contributed by atoms with E-state index in [1.165, 1.54) is 18.9 Å². The third-order valence-corrected chi connectivity index (χ3v) is 4.45. The highest BCUT2D eigenvalue weighted by Gasteiger charge is 2.42. The van der Waals surface area contributed by atoms with Crippen LogP contribution < -0.4 is 4.74 Å². The van der Waals surface area contributed by atoms with Gasteiger partial charge < -0.3 is 14.6 Å². The number of hydrogen-bond donors (Lipinski definition) is 1. The van der Waals surface area contributed by atoms with E-state index in [4.69, 9.17) is 14.6 Å². The van der Waals surface area contributed by atoms with Crippen LogP contribution in [0.3, 0.4) is 0 Å². The lowest BCUT2D eigenvalue weighted by Crippen LogP contribution is -2.27. The average Bonchev–Trinajstić information content (AvgIpc) is 3.07. The molecule has 1 aromatic carbocycles. The zero-order valence-corrected chi connectivity index (χ0v) is 11.8. The maximum absolute atomic E-state index is 13.2. The standard InChI is InChI=1S/C16H19FO4/c17-11-3-4-13(15(18)19)14(9-11)20-10-12-5-8-16(21-12)6-1-2-7-16/h3-4,9,12H,1-2,5-8,10H2,(H,18,19). The first kappa shape index (κ1) is 14.3. The van der Waals surface area contributed by atoms with E-state index in [0.29, 0.717) is 0 Å². The van der Waals surface area contributed by atoms with Gasteiger partial charge in [0.1, 0.15) is 23.7 Å². The van der Waals surface area contributed by atoms with Gasteiger partial charge in [0.2, 0.25) is 0 Å². The lowest BCUT2D eigenvalue weighted by atomic mass is 9.98. The Labute approximate surface area is 122 Å². The number of benzene rings is 1. The Balaban J connectivity index is 1.63. The maximum atomic E-state index is 13.2. The molecule has 0 amide bonds. The number of halogens is 1. The summed E-state index contributed by atoms with van der Waals surface area (Å²) in [6, 6.07) is 3.46. The first-order valence-electron chi connectivity index (χ1n) is 7.41. The summed E-state index contributed by atoms with van der Waals surface area (Å²) in [7, 11) is 0. The Morgan fingerprint density at radius 3 is 2.86 bits per heavy atom. The van der Waals surface area contributed by atoms with Crippen LogP contribution in [0.4, 0.5) is 4.39 Å². The van der Waals surface area contributed by atoms with E-state index in [9.17, 15) is 9.18 Å². The Morgan fingerprint density at radius 2 is 2.14 bits per heavy atom. The Hall–Kier alpha value is -1.62. The van der Waals surface area contributed by atoms with Crippen LogP contribution in [0.15, 0.2) is 18.2 Å². The van der Waals surface area contributed by atoms with Gasteiger partial charge in [-0.05, 0) is 37.8 Å². The minimum Gasteiger partial charge on any atom is -0.490 e. The zero-order valence-electron chi connectivity index (χ0n) is 11.8. The number of aromatic carboxylic acids is 1. The van der Waals surface area contributed by atoms with Crippen molar-refractivity contribution < 1.29 is 23.8 Å². The molecule has 1 aliphatic heterocycles. The van der Waals surface area contributed by atoms with E-state index in [0.717, 1.165) is 37.8 Å². The van der Waals surface area contributed by atoms with Crippen LogP contribution in [0.5, 0.6) is 5.75 Å². The molecule has 0 radical (unpaired) electrons. The first-order chi connectivity index (χ1) is 10.1. The van der Waals surface area contributed by atoms with E-state index in [-0.39, 0.29) is 29.6 Å². The molecular weight excluding hydrogens is 275 g/mol. The van der Waals surface area contributed by atoms with Crippen LogP contribution in [0.1, 0.15) is 48.9 Å².